The molecule has 0 aliphatic carbocycles. The SMILES string of the molecule is CCCCCCCCCCCCCCC(C)C(=O)CCCC. The van der Waals surface area contributed by atoms with Gasteiger partial charge in [0.2, 0.25) is 0 Å². The second-order valence-electron chi connectivity index (χ2n) is 7.15. The maximum absolute atomic E-state index is 11.8. The van der Waals surface area contributed by atoms with E-state index in [1.165, 1.54) is 77.0 Å². The first-order valence-electron chi connectivity index (χ1n) is 10.2. The van der Waals surface area contributed by atoms with Crippen LogP contribution >= 0.6 is 0 Å². The first kappa shape index (κ1) is 21.7. The maximum Gasteiger partial charge on any atom is 0.135 e. The second-order valence-corrected chi connectivity index (χ2v) is 7.15. The Morgan fingerprint density at radius 3 is 1.50 bits per heavy atom. The van der Waals surface area contributed by atoms with Gasteiger partial charge in [-0.2, -0.15) is 0 Å². The second kappa shape index (κ2) is 17.0. The predicted octanol–water partition coefficient (Wildman–Crippen LogP) is 7.47. The van der Waals surface area contributed by atoms with Crippen LogP contribution in [0.2, 0.25) is 0 Å². The highest BCUT2D eigenvalue weighted by Crippen LogP contribution is 2.16. The van der Waals surface area contributed by atoms with Crippen molar-refractivity contribution in [3.05, 3.63) is 0 Å². The van der Waals surface area contributed by atoms with Crippen molar-refractivity contribution < 1.29 is 4.79 Å². The Labute approximate surface area is 140 Å². The number of ketones is 1. The topological polar surface area (TPSA) is 17.1 Å². The van der Waals surface area contributed by atoms with Crippen LogP contribution in [0.3, 0.4) is 0 Å². The Kier molecular flexibility index (Phi) is 16.8. The molecule has 0 bridgehead atoms. The monoisotopic (exact) mass is 310 g/mol. The van der Waals surface area contributed by atoms with Gasteiger partial charge < -0.3 is 0 Å². The molecule has 0 rings (SSSR count). The Hall–Kier alpha value is -0.330. The third-order valence-corrected chi connectivity index (χ3v) is 4.82. The van der Waals surface area contributed by atoms with E-state index in [4.69, 9.17) is 0 Å². The van der Waals surface area contributed by atoms with Crippen molar-refractivity contribution in [3.8, 4) is 0 Å². The van der Waals surface area contributed by atoms with Gasteiger partial charge in [0.05, 0.1) is 0 Å². The molecule has 1 unspecified atom stereocenters. The van der Waals surface area contributed by atoms with Gasteiger partial charge in [0.1, 0.15) is 5.78 Å². The third kappa shape index (κ3) is 14.6. The summed E-state index contributed by atoms with van der Waals surface area (Å²) in [5.74, 6) is 0.791. The van der Waals surface area contributed by atoms with E-state index in [9.17, 15) is 4.79 Å². The van der Waals surface area contributed by atoms with Gasteiger partial charge in [0.15, 0.2) is 0 Å². The summed E-state index contributed by atoms with van der Waals surface area (Å²) in [6.45, 7) is 6.56. The minimum atomic E-state index is 0.301. The van der Waals surface area contributed by atoms with Gasteiger partial charge in [-0.3, -0.25) is 4.79 Å². The number of carbonyl (C=O) groups is 1. The van der Waals surface area contributed by atoms with E-state index in [0.717, 1.165) is 25.7 Å². The molecule has 0 radical (unpaired) electrons. The lowest BCUT2D eigenvalue weighted by atomic mass is 9.95. The molecule has 1 heteroatoms. The number of hydrogen-bond acceptors (Lipinski definition) is 1. The molecule has 1 nitrogen and oxygen atoms in total. The molecule has 0 aromatic rings. The fourth-order valence-corrected chi connectivity index (χ4v) is 3.05. The fourth-order valence-electron chi connectivity index (χ4n) is 3.05. The molecule has 22 heavy (non-hydrogen) atoms. The van der Waals surface area contributed by atoms with Crippen LogP contribution in [-0.4, -0.2) is 5.78 Å². The normalized spacial score (nSPS) is 12.5. The average molecular weight is 311 g/mol. The van der Waals surface area contributed by atoms with Crippen LogP contribution in [-0.2, 0) is 4.79 Å². The molecule has 0 fully saturated rings. The van der Waals surface area contributed by atoms with E-state index >= 15 is 0 Å². The molecule has 0 saturated carbocycles. The molecule has 1 atom stereocenters. The summed E-state index contributed by atoms with van der Waals surface area (Å²) >= 11 is 0. The van der Waals surface area contributed by atoms with Gasteiger partial charge in [-0.05, 0) is 12.8 Å². The number of unbranched alkanes of at least 4 members (excludes halogenated alkanes) is 12. The highest BCUT2D eigenvalue weighted by Gasteiger charge is 2.11. The van der Waals surface area contributed by atoms with Crippen molar-refractivity contribution in [3.63, 3.8) is 0 Å². The van der Waals surface area contributed by atoms with Crippen LogP contribution in [0.25, 0.3) is 0 Å². The summed E-state index contributed by atoms with van der Waals surface area (Å²) in [7, 11) is 0. The quantitative estimate of drug-likeness (QED) is 0.255. The standard InChI is InChI=1S/C21H42O/c1-4-6-8-9-10-11-12-13-14-15-16-17-18-20(3)21(22)19-7-5-2/h20H,4-19H2,1-3H3. The Bertz CT molecular complexity index is 234. The highest BCUT2D eigenvalue weighted by atomic mass is 16.1. The van der Waals surface area contributed by atoms with Crippen LogP contribution in [0.15, 0.2) is 0 Å². The molecule has 0 amide bonds. The molecule has 0 aromatic heterocycles. The number of hydrogen-bond donors (Lipinski definition) is 0. The minimum absolute atomic E-state index is 0.301. The van der Waals surface area contributed by atoms with Crippen LogP contribution in [0.5, 0.6) is 0 Å². The van der Waals surface area contributed by atoms with Crippen molar-refractivity contribution in [2.45, 2.75) is 124 Å². The van der Waals surface area contributed by atoms with Gasteiger partial charge in [-0.25, -0.2) is 0 Å². The minimum Gasteiger partial charge on any atom is -0.299 e. The zero-order chi connectivity index (χ0) is 16.5. The zero-order valence-corrected chi connectivity index (χ0v) is 15.8. The molecular formula is C21H42O. The first-order valence-corrected chi connectivity index (χ1v) is 10.2. The van der Waals surface area contributed by atoms with E-state index in [2.05, 4.69) is 20.8 Å². The molecule has 0 aliphatic rings. The third-order valence-electron chi connectivity index (χ3n) is 4.82. The molecule has 0 N–H and O–H groups in total. The summed E-state index contributed by atoms with van der Waals surface area (Å²) in [5, 5.41) is 0. The largest absolute Gasteiger partial charge is 0.299 e. The van der Waals surface area contributed by atoms with Crippen LogP contribution < -0.4 is 0 Å². The molecule has 0 aromatic carbocycles. The van der Waals surface area contributed by atoms with Crippen molar-refractivity contribution in [2.24, 2.45) is 5.92 Å². The Morgan fingerprint density at radius 1 is 0.636 bits per heavy atom. The van der Waals surface area contributed by atoms with Crippen LogP contribution in [0.1, 0.15) is 124 Å². The van der Waals surface area contributed by atoms with Crippen molar-refractivity contribution in [2.75, 3.05) is 0 Å². The summed E-state index contributed by atoms with van der Waals surface area (Å²) < 4.78 is 0. The highest BCUT2D eigenvalue weighted by molar-refractivity contribution is 5.80. The smallest absolute Gasteiger partial charge is 0.135 e. The van der Waals surface area contributed by atoms with Gasteiger partial charge in [0.25, 0.3) is 0 Å². The predicted molar refractivity (Wildman–Crippen MR) is 99.4 cm³/mol. The molecule has 0 saturated heterocycles. The van der Waals surface area contributed by atoms with Crippen molar-refractivity contribution >= 4 is 5.78 Å². The van der Waals surface area contributed by atoms with Crippen molar-refractivity contribution in [1.82, 2.24) is 0 Å². The van der Waals surface area contributed by atoms with Crippen molar-refractivity contribution in [1.29, 1.82) is 0 Å². The molecule has 0 aliphatic heterocycles. The van der Waals surface area contributed by atoms with Gasteiger partial charge in [0, 0.05) is 12.3 Å². The Balaban J connectivity index is 3.21. The summed E-state index contributed by atoms with van der Waals surface area (Å²) in [6.07, 6.45) is 20.8. The maximum atomic E-state index is 11.8. The zero-order valence-electron chi connectivity index (χ0n) is 15.8. The van der Waals surface area contributed by atoms with Crippen LogP contribution in [0, 0.1) is 5.92 Å². The number of carbonyl (C=O) groups excluding carboxylic acids is 1. The average Bonchev–Trinajstić information content (AvgIpc) is 2.53. The summed E-state index contributed by atoms with van der Waals surface area (Å²) in [5.41, 5.74) is 0. The van der Waals surface area contributed by atoms with Gasteiger partial charge in [-0.15, -0.1) is 0 Å². The van der Waals surface area contributed by atoms with Gasteiger partial charge >= 0.3 is 0 Å². The van der Waals surface area contributed by atoms with E-state index in [0.29, 0.717) is 11.7 Å². The Morgan fingerprint density at radius 2 is 1.05 bits per heavy atom. The lowest BCUT2D eigenvalue weighted by molar-refractivity contribution is -0.122. The van der Waals surface area contributed by atoms with E-state index in [1.54, 1.807) is 0 Å². The number of rotatable bonds is 17. The molecular weight excluding hydrogens is 268 g/mol. The molecule has 132 valence electrons. The first-order chi connectivity index (χ1) is 10.7. The summed E-state index contributed by atoms with van der Waals surface area (Å²) in [4.78, 5) is 11.8. The summed E-state index contributed by atoms with van der Waals surface area (Å²) in [6, 6.07) is 0. The molecule has 0 heterocycles. The van der Waals surface area contributed by atoms with Gasteiger partial charge in [-0.1, -0.05) is 104 Å². The van der Waals surface area contributed by atoms with E-state index in [1.807, 2.05) is 0 Å². The number of Topliss-reactive ketones (excluding diaryl/α,β-unsaturated/α-hetero) is 1. The lowest BCUT2D eigenvalue weighted by Crippen LogP contribution is -2.10. The molecule has 0 spiro atoms. The van der Waals surface area contributed by atoms with E-state index in [-0.39, 0.29) is 0 Å². The fraction of sp³-hybridized carbons (Fsp3) is 0.952. The van der Waals surface area contributed by atoms with E-state index < -0.39 is 0 Å². The lowest BCUT2D eigenvalue weighted by Gasteiger charge is -2.09. The van der Waals surface area contributed by atoms with Crippen LogP contribution in [0.4, 0.5) is 0 Å².